The van der Waals surface area contributed by atoms with Crippen LogP contribution < -0.4 is 115 Å². The Bertz CT molecular complexity index is 2410. The first-order valence-corrected chi connectivity index (χ1v) is 18.2. The van der Waals surface area contributed by atoms with Crippen molar-refractivity contribution in [2.24, 2.45) is 11.8 Å². The molecule has 2 atom stereocenters. The van der Waals surface area contributed by atoms with Crippen LogP contribution in [-0.2, 0) is 33.7 Å². The molecule has 1 aromatic heterocycles. The van der Waals surface area contributed by atoms with Crippen LogP contribution in [0, 0.1) is 11.8 Å². The number of aromatic hydroxyl groups is 1. The molecule has 2 aliphatic carbocycles. The van der Waals surface area contributed by atoms with Crippen LogP contribution in [0.5, 0.6) is 6.01 Å². The van der Waals surface area contributed by atoms with Gasteiger partial charge in [0.1, 0.15) is 10.1 Å². The van der Waals surface area contributed by atoms with E-state index in [0.717, 1.165) is 23.8 Å². The van der Waals surface area contributed by atoms with E-state index in [0.29, 0.717) is 58.0 Å². The van der Waals surface area contributed by atoms with Gasteiger partial charge in [-0.15, -0.1) is 0 Å². The molecule has 0 radical (unpaired) electrons. The summed E-state index contributed by atoms with van der Waals surface area (Å²) in [6, 6.07) is 14.1. The Morgan fingerprint density at radius 1 is 0.789 bits per heavy atom. The summed E-state index contributed by atoms with van der Waals surface area (Å²) in [7, 11) is -3.25. The van der Waals surface area contributed by atoms with Gasteiger partial charge < -0.3 is 41.0 Å². The first-order chi connectivity index (χ1) is 25.9. The minimum absolute atomic E-state index is 0. The predicted molar refractivity (Wildman–Crippen MR) is 183 cm³/mol. The Kier molecular flexibility index (Phi) is 16.8. The number of rotatable bonds is 13. The van der Waals surface area contributed by atoms with E-state index in [2.05, 4.69) is 49.6 Å². The number of amides is 1. The molecule has 1 aliphatic heterocycles. The summed E-state index contributed by atoms with van der Waals surface area (Å²) in [6.45, 7) is 0. The van der Waals surface area contributed by atoms with E-state index in [1.807, 2.05) is 12.1 Å². The number of hydrogen-bond donors (Lipinski definition) is 4. The smallest absolute Gasteiger partial charge is 0.744 e. The van der Waals surface area contributed by atoms with Crippen molar-refractivity contribution < 1.29 is 146 Å². The van der Waals surface area contributed by atoms with Gasteiger partial charge in [-0.05, 0) is 59.7 Å². The third-order valence-electron chi connectivity index (χ3n) is 8.47. The van der Waals surface area contributed by atoms with Crippen LogP contribution in [-0.4, -0.2) is 56.7 Å². The number of carbonyl (C=O) groups excluding carboxylic acids is 2. The van der Waals surface area contributed by atoms with Crippen molar-refractivity contribution in [3.05, 3.63) is 101 Å². The van der Waals surface area contributed by atoms with Crippen molar-refractivity contribution in [3.63, 3.8) is 0 Å². The van der Waals surface area contributed by atoms with Gasteiger partial charge in [0.05, 0.1) is 56.1 Å². The number of allylic oxidation sites excluding steroid dienone is 4. The maximum absolute atomic E-state index is 14.0. The molecule has 7 rings (SSSR count). The quantitative estimate of drug-likeness (QED) is 0.0320. The van der Waals surface area contributed by atoms with Crippen LogP contribution in [0.25, 0.3) is 5.57 Å². The zero-order chi connectivity index (χ0) is 38.1. The van der Waals surface area contributed by atoms with E-state index in [4.69, 9.17) is 0 Å². The average molecular weight is 862 g/mol. The van der Waals surface area contributed by atoms with Crippen molar-refractivity contribution >= 4 is 80.4 Å². The fourth-order valence-corrected chi connectivity index (χ4v) is 7.61. The second kappa shape index (κ2) is 20.2. The number of aromatic nitrogens is 3. The summed E-state index contributed by atoms with van der Waals surface area (Å²) < 4.78 is 43.8. The van der Waals surface area contributed by atoms with E-state index in [9.17, 15) is 38.2 Å². The van der Waals surface area contributed by atoms with Crippen LogP contribution in [0.2, 0.25) is 0 Å². The summed E-state index contributed by atoms with van der Waals surface area (Å²) >= 11 is 0.937. The van der Waals surface area contributed by atoms with Crippen LogP contribution in [0.1, 0.15) is 15.9 Å². The van der Waals surface area contributed by atoms with Gasteiger partial charge in [0.25, 0.3) is 5.91 Å². The van der Waals surface area contributed by atoms with Crippen LogP contribution in [0.15, 0.2) is 105 Å². The van der Waals surface area contributed by atoms with Crippen molar-refractivity contribution in [3.8, 4) is 6.01 Å². The topological polar surface area (TPSA) is 273 Å². The number of Topliss-reactive ketones (excluding diaryl/α,β-unsaturated/α-hetero) is 1. The molecule has 57 heavy (non-hydrogen) atoms. The number of carbonyl (C=O) groups is 2. The third-order valence-corrected chi connectivity index (χ3v) is 10.6. The fraction of sp³-hybridized carbons (Fsp3) is 0.0938. The van der Waals surface area contributed by atoms with Gasteiger partial charge in [0.2, 0.25) is 11.9 Å². The Balaban J connectivity index is 0.00000240. The van der Waals surface area contributed by atoms with Crippen molar-refractivity contribution in [2.75, 3.05) is 23.0 Å². The van der Waals surface area contributed by atoms with Crippen molar-refractivity contribution in [1.82, 2.24) is 19.9 Å². The molecular formula is C32H22N7Na3O12S3. The van der Waals surface area contributed by atoms with E-state index in [1.165, 1.54) is 11.0 Å². The number of anilines is 5. The summed E-state index contributed by atoms with van der Waals surface area (Å²) in [5.74, 6) is -2.08. The maximum Gasteiger partial charge on any atom is 1.00 e. The fourth-order valence-electron chi connectivity index (χ4n) is 6.20. The van der Waals surface area contributed by atoms with Gasteiger partial charge in [-0.1, -0.05) is 24.3 Å². The molecule has 0 fully saturated rings. The van der Waals surface area contributed by atoms with Gasteiger partial charge in [-0.25, -0.2) is 8.42 Å². The first-order valence-electron chi connectivity index (χ1n) is 15.3. The van der Waals surface area contributed by atoms with Gasteiger partial charge in [0, 0.05) is 41.7 Å². The summed E-state index contributed by atoms with van der Waals surface area (Å²) in [4.78, 5) is 39.9. The summed E-state index contributed by atoms with van der Waals surface area (Å²) in [6.07, 6.45) is 5.04. The molecule has 0 bridgehead atoms. The molecule has 25 heteroatoms. The van der Waals surface area contributed by atoms with Crippen LogP contribution in [0.4, 0.5) is 29.0 Å². The largest absolute Gasteiger partial charge is 1.00 e. The van der Waals surface area contributed by atoms with Gasteiger partial charge in [0.15, 0.2) is 5.78 Å². The zero-order valence-corrected chi connectivity index (χ0v) is 38.6. The first kappa shape index (κ1) is 47.3. The van der Waals surface area contributed by atoms with Crippen molar-refractivity contribution in [2.45, 2.75) is 14.7 Å². The minimum Gasteiger partial charge on any atom is -0.744 e. The van der Waals surface area contributed by atoms with E-state index in [-0.39, 0.29) is 128 Å². The maximum atomic E-state index is 14.0. The number of likely N-dealkylation sites (N-methyl/N-ethyl adjacent to an activating group) is 1. The van der Waals surface area contributed by atoms with Crippen molar-refractivity contribution in [1.29, 1.82) is 0 Å². The monoisotopic (exact) mass is 861 g/mol. The molecule has 278 valence electrons. The molecular weight excluding hydrogens is 840 g/mol. The molecule has 1 amide bonds. The van der Waals surface area contributed by atoms with E-state index >= 15 is 0 Å². The molecule has 0 spiro atoms. The van der Waals surface area contributed by atoms with Gasteiger partial charge in [-0.2, -0.15) is 23.6 Å². The molecule has 19 nitrogen and oxygen atoms in total. The second-order valence-corrected chi connectivity index (χ2v) is 14.4. The standard InChI is InChI=1S/C32H25N7O12S3.3Na/c1-39-23-10-9-21(28-27(23)19(14-26(39)40)17-4-2-3-5-18(17)29(28)41)34-20-8-6-15(12-25(20)53-51-49-44)33-30-36-31(38-32(42)37-30)35-22-13-16(54(45,46)47)7-11-24(22)52-50-48-43;;;/h2-14,27-28,34,43-44H,1H3,(H,45,46,47)(H3,33,35,36,37,38,42);;;/q;3*+1/p-3. The molecule has 2 heterocycles. The normalized spacial score (nSPS) is 16.6. The molecule has 3 aromatic carbocycles. The SMILES string of the molecule is CN1C(=O)C=C2c3ccccc3C(=O)C3C(Nc4ccc(Nc5nc(O)nc(Nc6cc(S(=O)(=O)[O-])ccc6SOO[O-])n5)cc4SOO[O-])=CC=C1C23.[Na+].[Na+].[Na+]. The molecule has 3 aliphatic rings. The Morgan fingerprint density at radius 2 is 1.46 bits per heavy atom. The number of hydrogen-bond acceptors (Lipinski definition) is 20. The summed E-state index contributed by atoms with van der Waals surface area (Å²) in [5, 5.41) is 47.2. The number of benzene rings is 3. The average Bonchev–Trinajstić information content (AvgIpc) is 3.14. The van der Waals surface area contributed by atoms with Crippen LogP contribution in [0.3, 0.4) is 0 Å². The molecule has 0 saturated carbocycles. The minimum atomic E-state index is -4.90. The molecule has 4 N–H and O–H groups in total. The third kappa shape index (κ3) is 10.3. The molecule has 4 aromatic rings. The number of nitrogens with zero attached hydrogens (tertiary/aromatic N) is 4. The molecule has 2 unspecified atom stereocenters. The van der Waals surface area contributed by atoms with Gasteiger partial charge >= 0.3 is 94.7 Å². The Morgan fingerprint density at radius 3 is 2.14 bits per heavy atom. The number of nitrogens with one attached hydrogen (secondary N) is 3. The van der Waals surface area contributed by atoms with E-state index in [1.54, 1.807) is 49.5 Å². The number of fused-ring (bicyclic) bond motifs is 2. The van der Waals surface area contributed by atoms with E-state index < -0.39 is 32.9 Å². The Hall–Kier alpha value is -2.40. The van der Waals surface area contributed by atoms with Gasteiger partial charge in [-0.3, -0.25) is 19.7 Å². The zero-order valence-electron chi connectivity index (χ0n) is 30.1. The summed E-state index contributed by atoms with van der Waals surface area (Å²) in [5.41, 5.74) is 3.67. The van der Waals surface area contributed by atoms with Crippen LogP contribution >= 0.6 is 24.1 Å². The predicted octanol–water partition coefficient (Wildman–Crippen LogP) is -6.38. The second-order valence-electron chi connectivity index (χ2n) is 11.5. The number of ketones is 1. The molecule has 0 saturated heterocycles. The Labute approximate surface area is 398 Å².